The van der Waals surface area contributed by atoms with E-state index in [1.165, 1.54) is 0 Å². The van der Waals surface area contributed by atoms with Crippen LogP contribution in [0.2, 0.25) is 0 Å². The van der Waals surface area contributed by atoms with Gasteiger partial charge >= 0.3 is 0 Å². The first-order chi connectivity index (χ1) is 13.0. The smallest absolute Gasteiger partial charge is 0.226 e. The van der Waals surface area contributed by atoms with Gasteiger partial charge in [-0.1, -0.05) is 20.4 Å². The molecule has 1 aliphatic heterocycles. The average molecular weight is 399 g/mol. The Labute approximate surface area is 166 Å². The summed E-state index contributed by atoms with van der Waals surface area (Å²) in [5.41, 5.74) is 10.4. The molecule has 9 nitrogen and oxygen atoms in total. The molecule has 1 aliphatic rings. The van der Waals surface area contributed by atoms with Crippen molar-refractivity contribution in [3.8, 4) is 0 Å². The van der Waals surface area contributed by atoms with Gasteiger partial charge in [0, 0.05) is 13.0 Å². The highest BCUT2D eigenvalue weighted by Crippen LogP contribution is 2.29. The largest absolute Gasteiger partial charge is 0.396 e. The quantitative estimate of drug-likeness (QED) is 0.187. The number of Topliss-reactive ketones (excluding diaryl/α,β-unsaturated/α-hetero) is 2. The molecule has 0 aromatic carbocycles. The molecule has 1 fully saturated rings. The van der Waals surface area contributed by atoms with Gasteiger partial charge in [0.05, 0.1) is 37.0 Å². The zero-order chi connectivity index (χ0) is 21.5. The van der Waals surface area contributed by atoms with Crippen LogP contribution in [0.5, 0.6) is 0 Å². The molecule has 160 valence electrons. The van der Waals surface area contributed by atoms with Gasteiger partial charge in [0.25, 0.3) is 0 Å². The zero-order valence-corrected chi connectivity index (χ0v) is 17.0. The van der Waals surface area contributed by atoms with Crippen molar-refractivity contribution in [2.45, 2.75) is 57.7 Å². The van der Waals surface area contributed by atoms with Gasteiger partial charge < -0.3 is 31.9 Å². The van der Waals surface area contributed by atoms with Crippen molar-refractivity contribution in [2.75, 3.05) is 19.8 Å². The first kappa shape index (κ1) is 24.1. The van der Waals surface area contributed by atoms with Gasteiger partial charge in [-0.05, 0) is 25.7 Å². The lowest BCUT2D eigenvalue weighted by Gasteiger charge is -2.23. The molecule has 4 atom stereocenters. The summed E-state index contributed by atoms with van der Waals surface area (Å²) in [6, 6.07) is -1.48. The second-order valence-electron chi connectivity index (χ2n) is 7.86. The average Bonchev–Trinajstić information content (AvgIpc) is 3.38. The lowest BCUT2D eigenvalue weighted by Crippen LogP contribution is -2.49. The van der Waals surface area contributed by atoms with Crippen molar-refractivity contribution in [3.63, 3.8) is 0 Å². The molecule has 0 saturated carbocycles. The molecule has 1 amide bonds. The molecule has 0 aromatic heterocycles. The molecule has 0 unspecified atom stereocenters. The van der Waals surface area contributed by atoms with E-state index in [2.05, 4.69) is 17.2 Å². The van der Waals surface area contributed by atoms with Gasteiger partial charge in [-0.15, -0.1) is 0 Å². The maximum Gasteiger partial charge on any atom is 0.226 e. The maximum absolute atomic E-state index is 12.7. The van der Waals surface area contributed by atoms with Crippen molar-refractivity contribution in [2.24, 2.45) is 23.3 Å². The van der Waals surface area contributed by atoms with E-state index in [-0.39, 0.29) is 23.9 Å². The van der Waals surface area contributed by atoms with E-state index in [1.54, 1.807) is 6.92 Å². The molecule has 9 heteroatoms. The Morgan fingerprint density at radius 1 is 1.32 bits per heavy atom. The number of nitrogens with one attached hydrogen (secondary N) is 2. The van der Waals surface area contributed by atoms with E-state index in [0.29, 0.717) is 31.8 Å². The maximum atomic E-state index is 12.7. The summed E-state index contributed by atoms with van der Waals surface area (Å²) in [6.45, 7) is 9.12. The standard InChI is InChI=1S/C19H34N4O5/c1-11(2)16(21)15(25)8-13(9-24)18(27)23-14(6-5-7-22-12(3)20)17(26)19(4)10-28-19/h11,13-14,16,22,24H,3,5-10,20-21H2,1-2,4H3,(H,23,27)/t13-,14-,16-,19+/m0/s1. The summed E-state index contributed by atoms with van der Waals surface area (Å²) >= 11 is 0. The minimum Gasteiger partial charge on any atom is -0.396 e. The van der Waals surface area contributed by atoms with E-state index < -0.39 is 36.1 Å². The fraction of sp³-hybridized carbons (Fsp3) is 0.737. The van der Waals surface area contributed by atoms with Gasteiger partial charge in [0.1, 0.15) is 5.60 Å². The molecule has 0 aromatic rings. The van der Waals surface area contributed by atoms with E-state index in [9.17, 15) is 19.5 Å². The van der Waals surface area contributed by atoms with Gasteiger partial charge in [0.15, 0.2) is 11.6 Å². The first-order valence-corrected chi connectivity index (χ1v) is 9.58. The molecule has 0 radical (unpaired) electrons. The molecule has 0 bridgehead atoms. The van der Waals surface area contributed by atoms with Gasteiger partial charge in [-0.3, -0.25) is 14.4 Å². The van der Waals surface area contributed by atoms with Crippen molar-refractivity contribution >= 4 is 17.5 Å². The topological polar surface area (TPSA) is 160 Å². The Balaban J connectivity index is 2.72. The number of hydrogen-bond donors (Lipinski definition) is 5. The monoisotopic (exact) mass is 398 g/mol. The van der Waals surface area contributed by atoms with Crippen molar-refractivity contribution in [1.82, 2.24) is 10.6 Å². The van der Waals surface area contributed by atoms with Crippen LogP contribution in [0.25, 0.3) is 0 Å². The van der Waals surface area contributed by atoms with Crippen LogP contribution in [-0.4, -0.2) is 60.0 Å². The molecular weight excluding hydrogens is 364 g/mol. The lowest BCUT2D eigenvalue weighted by atomic mass is 9.92. The molecule has 0 aliphatic carbocycles. The molecule has 1 rings (SSSR count). The number of ether oxygens (including phenoxy) is 1. The Morgan fingerprint density at radius 2 is 1.93 bits per heavy atom. The lowest BCUT2D eigenvalue weighted by molar-refractivity contribution is -0.135. The predicted molar refractivity (Wildman–Crippen MR) is 105 cm³/mol. The minimum atomic E-state index is -0.956. The normalized spacial score (nSPS) is 21.5. The van der Waals surface area contributed by atoms with Crippen LogP contribution in [0.1, 0.15) is 40.0 Å². The molecule has 1 heterocycles. The van der Waals surface area contributed by atoms with E-state index in [4.69, 9.17) is 16.2 Å². The number of rotatable bonds is 14. The number of carbonyl (C=O) groups excluding carboxylic acids is 3. The number of ketones is 2. The second-order valence-corrected chi connectivity index (χ2v) is 7.86. The number of hydrogen-bond acceptors (Lipinski definition) is 8. The van der Waals surface area contributed by atoms with E-state index >= 15 is 0 Å². The highest BCUT2D eigenvalue weighted by atomic mass is 16.6. The third-order valence-electron chi connectivity index (χ3n) is 4.88. The third-order valence-corrected chi connectivity index (χ3v) is 4.88. The molecular formula is C19H34N4O5. The zero-order valence-electron chi connectivity index (χ0n) is 17.0. The van der Waals surface area contributed by atoms with Gasteiger partial charge in [-0.25, -0.2) is 0 Å². The fourth-order valence-electron chi connectivity index (χ4n) is 2.72. The summed E-state index contributed by atoms with van der Waals surface area (Å²) in [6.07, 6.45) is 0.746. The third kappa shape index (κ3) is 7.21. The number of amides is 1. The Bertz CT molecular complexity index is 589. The fourth-order valence-corrected chi connectivity index (χ4v) is 2.72. The van der Waals surface area contributed by atoms with Crippen LogP contribution in [0.4, 0.5) is 0 Å². The minimum absolute atomic E-state index is 0.0685. The predicted octanol–water partition coefficient (Wildman–Crippen LogP) is -0.820. The van der Waals surface area contributed by atoms with E-state index in [0.717, 1.165) is 0 Å². The summed E-state index contributed by atoms with van der Waals surface area (Å²) in [7, 11) is 0. The summed E-state index contributed by atoms with van der Waals surface area (Å²) in [5.74, 6) is -1.77. The summed E-state index contributed by atoms with van der Waals surface area (Å²) in [5, 5.41) is 15.1. The second kappa shape index (κ2) is 10.5. The van der Waals surface area contributed by atoms with E-state index in [1.807, 2.05) is 13.8 Å². The van der Waals surface area contributed by atoms with Crippen LogP contribution in [-0.2, 0) is 19.1 Å². The Kier molecular flexibility index (Phi) is 9.06. The first-order valence-electron chi connectivity index (χ1n) is 9.58. The van der Waals surface area contributed by atoms with Crippen molar-refractivity contribution < 1.29 is 24.2 Å². The van der Waals surface area contributed by atoms with Crippen LogP contribution in [0.15, 0.2) is 12.4 Å². The summed E-state index contributed by atoms with van der Waals surface area (Å²) in [4.78, 5) is 37.5. The molecule has 28 heavy (non-hydrogen) atoms. The molecule has 0 spiro atoms. The highest BCUT2D eigenvalue weighted by molar-refractivity contribution is 5.97. The SMILES string of the molecule is C=C(N)NCCC[C@H](NC(=O)[C@H](CO)CC(=O)[C@@H](N)C(C)C)C(=O)[C@@]1(C)CO1. The van der Waals surface area contributed by atoms with Crippen LogP contribution >= 0.6 is 0 Å². The Morgan fingerprint density at radius 3 is 2.39 bits per heavy atom. The van der Waals surface area contributed by atoms with Crippen LogP contribution in [0, 0.1) is 11.8 Å². The van der Waals surface area contributed by atoms with Crippen molar-refractivity contribution in [3.05, 3.63) is 12.4 Å². The Hall–Kier alpha value is -1.97. The van der Waals surface area contributed by atoms with Crippen molar-refractivity contribution in [1.29, 1.82) is 0 Å². The summed E-state index contributed by atoms with van der Waals surface area (Å²) < 4.78 is 5.20. The highest BCUT2D eigenvalue weighted by Gasteiger charge is 2.50. The number of nitrogens with two attached hydrogens (primary N) is 2. The molecule has 7 N–H and O–H groups in total. The number of aliphatic hydroxyl groups excluding tert-OH is 1. The number of carbonyl (C=O) groups is 3. The van der Waals surface area contributed by atoms with Gasteiger partial charge in [0.2, 0.25) is 5.91 Å². The number of aliphatic hydroxyl groups is 1. The number of epoxide rings is 1. The van der Waals surface area contributed by atoms with Crippen LogP contribution in [0.3, 0.4) is 0 Å². The molecule has 1 saturated heterocycles. The van der Waals surface area contributed by atoms with Gasteiger partial charge in [-0.2, -0.15) is 0 Å². The van der Waals surface area contributed by atoms with Crippen LogP contribution < -0.4 is 22.1 Å².